The second-order valence-electron chi connectivity index (χ2n) is 6.51. The highest BCUT2D eigenvalue weighted by Crippen LogP contribution is 2.33. The lowest BCUT2D eigenvalue weighted by Crippen LogP contribution is -2.14. The quantitative estimate of drug-likeness (QED) is 0.623. The van der Waals surface area contributed by atoms with Crippen LogP contribution in [-0.2, 0) is 0 Å². The van der Waals surface area contributed by atoms with E-state index in [0.29, 0.717) is 0 Å². The third-order valence-corrected chi connectivity index (χ3v) is 4.83. The molecule has 1 saturated carbocycles. The fourth-order valence-corrected chi connectivity index (χ4v) is 3.49. The molecule has 1 aromatic rings. The zero-order chi connectivity index (χ0) is 15.8. The summed E-state index contributed by atoms with van der Waals surface area (Å²) in [5, 5.41) is 8.71. The van der Waals surface area contributed by atoms with E-state index in [4.69, 9.17) is 5.26 Å². The molecule has 1 aliphatic rings. The highest BCUT2D eigenvalue weighted by molar-refractivity contribution is 5.51. The summed E-state index contributed by atoms with van der Waals surface area (Å²) in [6.07, 6.45) is 14.7. The van der Waals surface area contributed by atoms with Crippen LogP contribution in [0.25, 0.3) is 6.08 Å². The molecule has 1 aliphatic carbocycles. The summed E-state index contributed by atoms with van der Waals surface area (Å²) in [4.78, 5) is 0. The molecule has 2 rings (SSSR count). The van der Waals surface area contributed by atoms with Crippen molar-refractivity contribution in [3.63, 3.8) is 0 Å². The van der Waals surface area contributed by atoms with Crippen LogP contribution in [0.1, 0.15) is 69.4 Å². The average Bonchev–Trinajstić information content (AvgIpc) is 2.53. The van der Waals surface area contributed by atoms with Gasteiger partial charge in [-0.3, -0.25) is 0 Å². The molecular formula is C20H26FN. The van der Waals surface area contributed by atoms with Crippen LogP contribution in [-0.4, -0.2) is 0 Å². The Morgan fingerprint density at radius 3 is 2.45 bits per heavy atom. The zero-order valence-electron chi connectivity index (χ0n) is 13.5. The van der Waals surface area contributed by atoms with Crippen molar-refractivity contribution < 1.29 is 4.39 Å². The first-order chi connectivity index (χ1) is 10.7. The molecule has 118 valence electrons. The summed E-state index contributed by atoms with van der Waals surface area (Å²) in [7, 11) is 0. The molecule has 0 atom stereocenters. The van der Waals surface area contributed by atoms with Crippen molar-refractivity contribution in [2.45, 2.75) is 58.3 Å². The minimum Gasteiger partial charge on any atom is -0.206 e. The molecule has 1 aromatic carbocycles. The predicted molar refractivity (Wildman–Crippen MR) is 89.7 cm³/mol. The molecule has 0 spiro atoms. The lowest BCUT2D eigenvalue weighted by Gasteiger charge is -2.28. The van der Waals surface area contributed by atoms with Crippen molar-refractivity contribution in [2.24, 2.45) is 11.8 Å². The first-order valence-electron chi connectivity index (χ1n) is 8.59. The molecule has 1 nitrogen and oxygen atoms in total. The monoisotopic (exact) mass is 299 g/mol. The summed E-state index contributed by atoms with van der Waals surface area (Å²) >= 11 is 0. The maximum atomic E-state index is 13.5. The number of hydrogen-bond donors (Lipinski definition) is 0. The average molecular weight is 299 g/mol. The maximum absolute atomic E-state index is 13.5. The van der Waals surface area contributed by atoms with Gasteiger partial charge >= 0.3 is 0 Å². The number of benzene rings is 1. The molecule has 1 fully saturated rings. The van der Waals surface area contributed by atoms with Crippen molar-refractivity contribution in [1.29, 1.82) is 5.26 Å². The van der Waals surface area contributed by atoms with Crippen LogP contribution in [0.15, 0.2) is 24.3 Å². The molecule has 0 aliphatic heterocycles. The van der Waals surface area contributed by atoms with E-state index >= 15 is 0 Å². The van der Waals surface area contributed by atoms with Gasteiger partial charge < -0.3 is 0 Å². The molecule has 2 heteroatoms. The smallest absolute Gasteiger partial charge is 0.141 e. The van der Waals surface area contributed by atoms with Crippen LogP contribution in [0.2, 0.25) is 0 Å². The Kier molecular flexibility index (Phi) is 6.65. The standard InChI is InChI=1S/C20H26FN/c1-2-5-16-8-10-17(11-9-16)6-3-4-7-18-12-13-19(15-22)20(21)14-18/h4,7,12-14,16-17H,2-3,5-6,8-11H2,1H3/b7-4-. The number of halogens is 1. The van der Waals surface area contributed by atoms with E-state index in [1.165, 1.54) is 51.0 Å². The highest BCUT2D eigenvalue weighted by Gasteiger charge is 2.19. The number of allylic oxidation sites excluding steroid dienone is 1. The SMILES string of the molecule is CCCC1CCC(CC/C=C\c2ccc(C#N)c(F)c2)CC1. The van der Waals surface area contributed by atoms with Crippen molar-refractivity contribution in [3.05, 3.63) is 41.2 Å². The number of nitriles is 1. The highest BCUT2D eigenvalue weighted by atomic mass is 19.1. The molecule has 22 heavy (non-hydrogen) atoms. The van der Waals surface area contributed by atoms with Gasteiger partial charge in [-0.1, -0.05) is 63.7 Å². The van der Waals surface area contributed by atoms with Gasteiger partial charge in [-0.2, -0.15) is 5.26 Å². The number of hydrogen-bond acceptors (Lipinski definition) is 1. The van der Waals surface area contributed by atoms with Crippen molar-refractivity contribution in [3.8, 4) is 6.07 Å². The summed E-state index contributed by atoms with van der Waals surface area (Å²) in [6.45, 7) is 2.28. The van der Waals surface area contributed by atoms with Crippen LogP contribution >= 0.6 is 0 Å². The minimum atomic E-state index is -0.432. The Bertz CT molecular complexity index is 533. The van der Waals surface area contributed by atoms with Crippen molar-refractivity contribution in [2.75, 3.05) is 0 Å². The van der Waals surface area contributed by atoms with Crippen LogP contribution in [0.4, 0.5) is 4.39 Å². The lowest BCUT2D eigenvalue weighted by atomic mass is 9.78. The first kappa shape index (κ1) is 16.7. The molecule has 0 bridgehead atoms. The zero-order valence-corrected chi connectivity index (χ0v) is 13.5. The van der Waals surface area contributed by atoms with E-state index in [2.05, 4.69) is 13.0 Å². The van der Waals surface area contributed by atoms with E-state index in [1.54, 1.807) is 12.1 Å². The van der Waals surface area contributed by atoms with Crippen LogP contribution < -0.4 is 0 Å². The summed E-state index contributed by atoms with van der Waals surface area (Å²) in [5.74, 6) is 1.41. The van der Waals surface area contributed by atoms with Crippen LogP contribution in [0.3, 0.4) is 0 Å². The maximum Gasteiger partial charge on any atom is 0.141 e. The molecule has 0 radical (unpaired) electrons. The second-order valence-corrected chi connectivity index (χ2v) is 6.51. The van der Waals surface area contributed by atoms with Gasteiger partial charge in [0.05, 0.1) is 5.56 Å². The summed E-state index contributed by atoms with van der Waals surface area (Å²) < 4.78 is 13.5. The van der Waals surface area contributed by atoms with Gasteiger partial charge in [0, 0.05) is 0 Å². The third kappa shape index (κ3) is 4.98. The van der Waals surface area contributed by atoms with E-state index in [9.17, 15) is 4.39 Å². The molecule has 0 heterocycles. The topological polar surface area (TPSA) is 23.8 Å². The van der Waals surface area contributed by atoms with Crippen molar-refractivity contribution >= 4 is 6.08 Å². The molecule has 0 N–H and O–H groups in total. The van der Waals surface area contributed by atoms with Crippen LogP contribution in [0, 0.1) is 29.0 Å². The van der Waals surface area contributed by atoms with Gasteiger partial charge in [-0.15, -0.1) is 0 Å². The first-order valence-corrected chi connectivity index (χ1v) is 8.59. The Balaban J connectivity index is 1.73. The number of nitrogens with zero attached hydrogens (tertiary/aromatic N) is 1. The third-order valence-electron chi connectivity index (χ3n) is 4.83. The molecular weight excluding hydrogens is 273 g/mol. The summed E-state index contributed by atoms with van der Waals surface area (Å²) in [6, 6.07) is 6.63. The predicted octanol–water partition coefficient (Wildman–Crippen LogP) is 6.10. The fraction of sp³-hybridized carbons (Fsp3) is 0.550. The van der Waals surface area contributed by atoms with E-state index in [1.807, 2.05) is 12.1 Å². The fourth-order valence-electron chi connectivity index (χ4n) is 3.49. The van der Waals surface area contributed by atoms with E-state index < -0.39 is 5.82 Å². The Morgan fingerprint density at radius 2 is 1.86 bits per heavy atom. The Labute approximate surface area is 133 Å². The van der Waals surface area contributed by atoms with Gasteiger partial charge in [0.2, 0.25) is 0 Å². The molecule has 0 amide bonds. The largest absolute Gasteiger partial charge is 0.206 e. The van der Waals surface area contributed by atoms with Gasteiger partial charge in [0.15, 0.2) is 0 Å². The number of rotatable bonds is 6. The molecule has 0 saturated heterocycles. The molecule has 0 aromatic heterocycles. The second kappa shape index (κ2) is 8.73. The van der Waals surface area contributed by atoms with Crippen LogP contribution in [0.5, 0.6) is 0 Å². The Morgan fingerprint density at radius 1 is 1.18 bits per heavy atom. The van der Waals surface area contributed by atoms with Gasteiger partial charge in [-0.05, 0) is 42.4 Å². The summed E-state index contributed by atoms with van der Waals surface area (Å²) in [5.41, 5.74) is 0.948. The van der Waals surface area contributed by atoms with Gasteiger partial charge in [-0.25, -0.2) is 4.39 Å². The molecule has 0 unspecified atom stereocenters. The minimum absolute atomic E-state index is 0.112. The Hall–Kier alpha value is -1.62. The van der Waals surface area contributed by atoms with Gasteiger partial charge in [0.1, 0.15) is 11.9 Å². The van der Waals surface area contributed by atoms with Gasteiger partial charge in [0.25, 0.3) is 0 Å². The normalized spacial score (nSPS) is 21.9. The van der Waals surface area contributed by atoms with E-state index in [-0.39, 0.29) is 5.56 Å². The van der Waals surface area contributed by atoms with Crippen molar-refractivity contribution in [1.82, 2.24) is 0 Å². The van der Waals surface area contributed by atoms with E-state index in [0.717, 1.165) is 23.8 Å². The lowest BCUT2D eigenvalue weighted by molar-refractivity contribution is 0.253.